The molecular weight excluding hydrogens is 208 g/mol. The van der Waals surface area contributed by atoms with E-state index in [-0.39, 0.29) is 0 Å². The van der Waals surface area contributed by atoms with Gasteiger partial charge in [-0.3, -0.25) is 0 Å². The molecule has 1 rings (SSSR count). The van der Waals surface area contributed by atoms with Gasteiger partial charge in [-0.1, -0.05) is 13.8 Å². The SMILES string of the molecule is CCC(C)c1ccsc1Br. The van der Waals surface area contributed by atoms with E-state index in [9.17, 15) is 0 Å². The zero-order valence-electron chi connectivity index (χ0n) is 6.23. The number of thiophene rings is 1. The molecule has 1 heterocycles. The van der Waals surface area contributed by atoms with Gasteiger partial charge in [-0.25, -0.2) is 0 Å². The Balaban J connectivity index is 2.82. The van der Waals surface area contributed by atoms with E-state index < -0.39 is 0 Å². The molecule has 0 aliphatic heterocycles. The molecule has 1 aromatic rings. The summed E-state index contributed by atoms with van der Waals surface area (Å²) in [5, 5.41) is 2.13. The van der Waals surface area contributed by atoms with Crippen molar-refractivity contribution in [3.63, 3.8) is 0 Å². The normalized spacial score (nSPS) is 13.5. The molecule has 1 aromatic heterocycles. The van der Waals surface area contributed by atoms with E-state index in [1.54, 1.807) is 11.3 Å². The first-order valence-corrected chi connectivity index (χ1v) is 5.15. The molecule has 0 amide bonds. The third-order valence-corrected chi connectivity index (χ3v) is 3.52. The molecule has 0 aliphatic carbocycles. The minimum Gasteiger partial charge on any atom is -0.137 e. The molecule has 0 nitrogen and oxygen atoms in total. The Kier molecular flexibility index (Phi) is 2.93. The van der Waals surface area contributed by atoms with Gasteiger partial charge in [0.25, 0.3) is 0 Å². The van der Waals surface area contributed by atoms with Gasteiger partial charge >= 0.3 is 0 Å². The first kappa shape index (κ1) is 8.28. The summed E-state index contributed by atoms with van der Waals surface area (Å²) < 4.78 is 1.29. The predicted octanol–water partition coefficient (Wildman–Crippen LogP) is 4.02. The van der Waals surface area contributed by atoms with Crippen molar-refractivity contribution in [3.8, 4) is 0 Å². The number of rotatable bonds is 2. The minimum absolute atomic E-state index is 0.695. The van der Waals surface area contributed by atoms with Crippen LogP contribution >= 0.6 is 27.3 Å². The second-order valence-electron chi connectivity index (χ2n) is 2.46. The second kappa shape index (κ2) is 3.54. The van der Waals surface area contributed by atoms with Crippen LogP contribution in [0.3, 0.4) is 0 Å². The lowest BCUT2D eigenvalue weighted by atomic mass is 10.0. The van der Waals surface area contributed by atoms with Crippen LogP contribution < -0.4 is 0 Å². The first-order valence-electron chi connectivity index (χ1n) is 3.48. The van der Waals surface area contributed by atoms with Crippen molar-refractivity contribution in [1.29, 1.82) is 0 Å². The van der Waals surface area contributed by atoms with E-state index >= 15 is 0 Å². The second-order valence-corrected chi connectivity index (χ2v) is 4.69. The third-order valence-electron chi connectivity index (χ3n) is 1.79. The highest BCUT2D eigenvalue weighted by Crippen LogP contribution is 2.31. The molecule has 0 radical (unpaired) electrons. The maximum Gasteiger partial charge on any atom is 0.0733 e. The van der Waals surface area contributed by atoms with Crippen molar-refractivity contribution in [2.24, 2.45) is 0 Å². The predicted molar refractivity (Wildman–Crippen MR) is 50.7 cm³/mol. The molecule has 0 aliphatic rings. The molecule has 0 spiro atoms. The Morgan fingerprint density at radius 2 is 2.40 bits per heavy atom. The molecule has 0 fully saturated rings. The lowest BCUT2D eigenvalue weighted by Crippen LogP contribution is -1.87. The minimum atomic E-state index is 0.695. The van der Waals surface area contributed by atoms with E-state index in [1.165, 1.54) is 15.8 Å². The van der Waals surface area contributed by atoms with Gasteiger partial charge in [0, 0.05) is 0 Å². The van der Waals surface area contributed by atoms with Crippen LogP contribution in [-0.2, 0) is 0 Å². The summed E-state index contributed by atoms with van der Waals surface area (Å²) >= 11 is 5.29. The highest BCUT2D eigenvalue weighted by molar-refractivity contribution is 9.11. The number of halogens is 1. The van der Waals surface area contributed by atoms with Gasteiger partial charge in [-0.15, -0.1) is 11.3 Å². The molecule has 0 aromatic carbocycles. The lowest BCUT2D eigenvalue weighted by Gasteiger charge is -2.05. The largest absolute Gasteiger partial charge is 0.137 e. The molecular formula is C8H11BrS. The summed E-state index contributed by atoms with van der Waals surface area (Å²) in [7, 11) is 0. The highest BCUT2D eigenvalue weighted by Gasteiger charge is 2.06. The van der Waals surface area contributed by atoms with Gasteiger partial charge in [-0.2, -0.15) is 0 Å². The van der Waals surface area contributed by atoms with E-state index in [1.807, 2.05) is 0 Å². The standard InChI is InChI=1S/C8H11BrS/c1-3-6(2)7-4-5-10-8(7)9/h4-6H,3H2,1-2H3. The monoisotopic (exact) mass is 218 g/mol. The molecule has 0 saturated carbocycles. The summed E-state index contributed by atoms with van der Waals surface area (Å²) in [5.74, 6) is 0.695. The van der Waals surface area contributed by atoms with Crippen molar-refractivity contribution in [3.05, 3.63) is 20.8 Å². The lowest BCUT2D eigenvalue weighted by molar-refractivity contribution is 0.734. The number of hydrogen-bond donors (Lipinski definition) is 0. The molecule has 10 heavy (non-hydrogen) atoms. The van der Waals surface area contributed by atoms with Gasteiger partial charge < -0.3 is 0 Å². The van der Waals surface area contributed by atoms with E-state index in [0.717, 1.165) is 0 Å². The zero-order valence-corrected chi connectivity index (χ0v) is 8.63. The quantitative estimate of drug-likeness (QED) is 0.704. The van der Waals surface area contributed by atoms with E-state index in [0.29, 0.717) is 5.92 Å². The summed E-state index contributed by atoms with van der Waals surface area (Å²) in [6, 6.07) is 2.20. The van der Waals surface area contributed by atoms with Crippen LogP contribution in [-0.4, -0.2) is 0 Å². The van der Waals surface area contributed by atoms with Crippen molar-refractivity contribution in [1.82, 2.24) is 0 Å². The fourth-order valence-corrected chi connectivity index (χ4v) is 2.46. The average Bonchev–Trinajstić information content (AvgIpc) is 2.34. The van der Waals surface area contributed by atoms with Crippen LogP contribution in [0.1, 0.15) is 31.7 Å². The highest BCUT2D eigenvalue weighted by atomic mass is 79.9. The summed E-state index contributed by atoms with van der Waals surface area (Å²) in [6.45, 7) is 4.47. The van der Waals surface area contributed by atoms with Gasteiger partial charge in [0.1, 0.15) is 0 Å². The van der Waals surface area contributed by atoms with Crippen LogP contribution in [0, 0.1) is 0 Å². The van der Waals surface area contributed by atoms with Crippen LogP contribution in [0.2, 0.25) is 0 Å². The van der Waals surface area contributed by atoms with E-state index in [4.69, 9.17) is 0 Å². The van der Waals surface area contributed by atoms with E-state index in [2.05, 4.69) is 41.2 Å². The smallest absolute Gasteiger partial charge is 0.0733 e. The van der Waals surface area contributed by atoms with Gasteiger partial charge in [-0.05, 0) is 45.3 Å². The molecule has 0 saturated heterocycles. The Morgan fingerprint density at radius 3 is 2.80 bits per heavy atom. The summed E-state index contributed by atoms with van der Waals surface area (Å²) in [6.07, 6.45) is 1.22. The maximum atomic E-state index is 3.53. The zero-order chi connectivity index (χ0) is 7.56. The Hall–Kier alpha value is 0.180. The van der Waals surface area contributed by atoms with Crippen molar-refractivity contribution in [2.45, 2.75) is 26.2 Å². The van der Waals surface area contributed by atoms with Crippen molar-refractivity contribution in [2.75, 3.05) is 0 Å². The van der Waals surface area contributed by atoms with Crippen LogP contribution in [0.4, 0.5) is 0 Å². The van der Waals surface area contributed by atoms with Crippen LogP contribution in [0.5, 0.6) is 0 Å². The molecule has 2 heteroatoms. The molecule has 56 valence electrons. The van der Waals surface area contributed by atoms with Gasteiger partial charge in [0.05, 0.1) is 3.79 Å². The van der Waals surface area contributed by atoms with Crippen molar-refractivity contribution < 1.29 is 0 Å². The average molecular weight is 219 g/mol. The topological polar surface area (TPSA) is 0 Å². The van der Waals surface area contributed by atoms with Gasteiger partial charge in [0.15, 0.2) is 0 Å². The molecule has 1 atom stereocenters. The first-order chi connectivity index (χ1) is 4.75. The Bertz CT molecular complexity index is 205. The summed E-state index contributed by atoms with van der Waals surface area (Å²) in [5.41, 5.74) is 1.45. The van der Waals surface area contributed by atoms with Crippen LogP contribution in [0.25, 0.3) is 0 Å². The fourth-order valence-electron chi connectivity index (χ4n) is 0.879. The summed E-state index contributed by atoms with van der Waals surface area (Å²) in [4.78, 5) is 0. The molecule has 1 unspecified atom stereocenters. The fraction of sp³-hybridized carbons (Fsp3) is 0.500. The van der Waals surface area contributed by atoms with Gasteiger partial charge in [0.2, 0.25) is 0 Å². The Labute approximate surface area is 74.4 Å². The molecule has 0 bridgehead atoms. The maximum absolute atomic E-state index is 3.53. The van der Waals surface area contributed by atoms with Crippen LogP contribution in [0.15, 0.2) is 15.2 Å². The third kappa shape index (κ3) is 1.61. The number of hydrogen-bond acceptors (Lipinski definition) is 1. The van der Waals surface area contributed by atoms with Crippen molar-refractivity contribution >= 4 is 27.3 Å². The molecule has 0 N–H and O–H groups in total. The Morgan fingerprint density at radius 1 is 1.70 bits per heavy atom.